The summed E-state index contributed by atoms with van der Waals surface area (Å²) in [5.41, 5.74) is 6.17. The van der Waals surface area contributed by atoms with E-state index >= 15 is 0 Å². The molecule has 4 heteroatoms. The molecule has 12 rings (SSSR count). The second-order valence-electron chi connectivity index (χ2n) is 13.7. The molecule has 0 unspecified atom stereocenters. The van der Waals surface area contributed by atoms with E-state index in [1.165, 1.54) is 64.6 Å². The minimum absolute atomic E-state index is 0.614. The smallest absolute Gasteiger partial charge is 0.236 e. The molecule has 0 aliphatic carbocycles. The van der Waals surface area contributed by atoms with E-state index < -0.39 is 0 Å². The Bertz CT molecular complexity index is 3440. The first kappa shape index (κ1) is 27.7. The van der Waals surface area contributed by atoms with Crippen molar-refractivity contribution in [2.45, 2.75) is 0 Å². The van der Waals surface area contributed by atoms with Gasteiger partial charge in [-0.05, 0) is 90.3 Å². The van der Waals surface area contributed by atoms with Crippen molar-refractivity contribution < 1.29 is 4.42 Å². The van der Waals surface area contributed by atoms with Crippen LogP contribution in [0.4, 0.5) is 0 Å². The molecule has 0 saturated carbocycles. The summed E-state index contributed by atoms with van der Waals surface area (Å²) in [7, 11) is 0. The third-order valence-electron chi connectivity index (χ3n) is 10.9. The van der Waals surface area contributed by atoms with Crippen molar-refractivity contribution in [1.82, 2.24) is 14.5 Å². The van der Waals surface area contributed by atoms with Crippen LogP contribution in [0.25, 0.3) is 115 Å². The highest BCUT2D eigenvalue weighted by Gasteiger charge is 2.23. The van der Waals surface area contributed by atoms with E-state index in [4.69, 9.17) is 14.4 Å². The maximum absolute atomic E-state index is 6.64. The van der Waals surface area contributed by atoms with E-state index in [0.29, 0.717) is 11.5 Å². The van der Waals surface area contributed by atoms with Gasteiger partial charge in [-0.25, -0.2) is 9.97 Å². The fourth-order valence-corrected chi connectivity index (χ4v) is 8.62. The van der Waals surface area contributed by atoms with Gasteiger partial charge in [-0.1, -0.05) is 127 Å². The topological polar surface area (TPSA) is 43.9 Å². The summed E-state index contributed by atoms with van der Waals surface area (Å²) >= 11 is 0. The summed E-state index contributed by atoms with van der Waals surface area (Å²) in [6, 6.07) is 58.5. The third kappa shape index (κ3) is 3.75. The van der Waals surface area contributed by atoms with Crippen molar-refractivity contribution in [1.29, 1.82) is 0 Å². The molecule has 0 fully saturated rings. The van der Waals surface area contributed by atoms with Gasteiger partial charge in [-0.2, -0.15) is 0 Å². The molecule has 4 nitrogen and oxygen atoms in total. The number of benzene rings is 9. The molecule has 0 amide bonds. The minimum Gasteiger partial charge on any atom is -0.452 e. The van der Waals surface area contributed by atoms with Gasteiger partial charge in [0.25, 0.3) is 0 Å². The average Bonchev–Trinajstić information content (AvgIpc) is 3.75. The van der Waals surface area contributed by atoms with Crippen LogP contribution in [0.1, 0.15) is 0 Å². The van der Waals surface area contributed by atoms with Crippen molar-refractivity contribution in [2.24, 2.45) is 0 Å². The summed E-state index contributed by atoms with van der Waals surface area (Å²) in [4.78, 5) is 10.8. The first-order valence-corrected chi connectivity index (χ1v) is 17.7. The molecule has 3 aromatic heterocycles. The molecular formula is C48H27N3O. The number of hydrogen-bond donors (Lipinski definition) is 0. The van der Waals surface area contributed by atoms with Gasteiger partial charge in [0, 0.05) is 21.7 Å². The lowest BCUT2D eigenvalue weighted by molar-refractivity contribution is 0.666. The van der Waals surface area contributed by atoms with Crippen LogP contribution < -0.4 is 0 Å². The molecule has 0 spiro atoms. The molecule has 0 aliphatic rings. The number of aromatic nitrogens is 3. The van der Waals surface area contributed by atoms with Crippen molar-refractivity contribution in [3.63, 3.8) is 0 Å². The van der Waals surface area contributed by atoms with Crippen LogP contribution in [0.5, 0.6) is 0 Å². The van der Waals surface area contributed by atoms with E-state index in [2.05, 4.69) is 150 Å². The Balaban J connectivity index is 1.23. The third-order valence-corrected chi connectivity index (χ3v) is 10.9. The van der Waals surface area contributed by atoms with Crippen LogP contribution in [-0.2, 0) is 0 Å². The van der Waals surface area contributed by atoms with E-state index in [-0.39, 0.29) is 0 Å². The average molecular weight is 662 g/mol. The van der Waals surface area contributed by atoms with Crippen LogP contribution in [0.3, 0.4) is 0 Å². The highest BCUT2D eigenvalue weighted by Crippen LogP contribution is 2.42. The molecule has 52 heavy (non-hydrogen) atoms. The standard InChI is InChI=1S/C48H27N3O/c1-2-13-30-27-42-40(25-29(30)12-1)44-32-14-4-3-11-28(32)22-24-41(44)51(42)48-49-45(47-46(50-48)38-19-9-10-20-43(38)52-47)31-21-23-37-35-17-6-5-15-33(35)34-16-7-8-18-36(34)39(37)26-31/h1-27H. The van der Waals surface area contributed by atoms with Crippen LogP contribution in [0.15, 0.2) is 168 Å². The molecule has 0 bridgehead atoms. The lowest BCUT2D eigenvalue weighted by atomic mass is 9.93. The van der Waals surface area contributed by atoms with E-state index in [1.807, 2.05) is 18.2 Å². The summed E-state index contributed by atoms with van der Waals surface area (Å²) in [5.74, 6) is 0.614. The maximum Gasteiger partial charge on any atom is 0.236 e. The van der Waals surface area contributed by atoms with Crippen molar-refractivity contribution >= 4 is 97.7 Å². The number of hydrogen-bond acceptors (Lipinski definition) is 3. The maximum atomic E-state index is 6.64. The second-order valence-corrected chi connectivity index (χ2v) is 13.7. The summed E-state index contributed by atoms with van der Waals surface area (Å²) in [6.07, 6.45) is 0. The lowest BCUT2D eigenvalue weighted by Crippen LogP contribution is -2.03. The number of fused-ring (bicyclic) bond motifs is 15. The zero-order valence-electron chi connectivity index (χ0n) is 27.8. The predicted molar refractivity (Wildman–Crippen MR) is 217 cm³/mol. The van der Waals surface area contributed by atoms with Gasteiger partial charge in [-0.15, -0.1) is 0 Å². The Hall–Kier alpha value is -7.04. The Morgan fingerprint density at radius 2 is 1.00 bits per heavy atom. The molecule has 240 valence electrons. The van der Waals surface area contributed by atoms with Gasteiger partial charge in [0.2, 0.25) is 5.95 Å². The zero-order chi connectivity index (χ0) is 33.9. The Kier molecular flexibility index (Phi) is 5.47. The van der Waals surface area contributed by atoms with Crippen LogP contribution in [-0.4, -0.2) is 14.5 Å². The molecule has 3 heterocycles. The second kappa shape index (κ2) is 10.3. The fourth-order valence-electron chi connectivity index (χ4n) is 8.62. The number of para-hydroxylation sites is 1. The first-order valence-electron chi connectivity index (χ1n) is 17.7. The van der Waals surface area contributed by atoms with Crippen molar-refractivity contribution in [2.75, 3.05) is 0 Å². The van der Waals surface area contributed by atoms with Crippen LogP contribution in [0.2, 0.25) is 0 Å². The normalized spacial score (nSPS) is 12.2. The summed E-state index contributed by atoms with van der Waals surface area (Å²) < 4.78 is 8.88. The highest BCUT2D eigenvalue weighted by molar-refractivity contribution is 6.26. The molecule has 0 saturated heterocycles. The molecule has 0 aliphatic heterocycles. The van der Waals surface area contributed by atoms with E-state index in [0.717, 1.165) is 38.8 Å². The molecular weight excluding hydrogens is 635 g/mol. The summed E-state index contributed by atoms with van der Waals surface area (Å²) in [6.45, 7) is 0. The predicted octanol–water partition coefficient (Wildman–Crippen LogP) is 12.9. The first-order chi connectivity index (χ1) is 25.8. The van der Waals surface area contributed by atoms with Gasteiger partial charge in [0.1, 0.15) is 16.8 Å². The monoisotopic (exact) mass is 661 g/mol. The molecule has 0 N–H and O–H groups in total. The minimum atomic E-state index is 0.614. The number of furan rings is 1. The van der Waals surface area contributed by atoms with Gasteiger partial charge < -0.3 is 4.42 Å². The van der Waals surface area contributed by atoms with Crippen molar-refractivity contribution in [3.8, 4) is 17.2 Å². The molecule has 0 atom stereocenters. The molecule has 0 radical (unpaired) electrons. The zero-order valence-corrected chi connectivity index (χ0v) is 27.8. The van der Waals surface area contributed by atoms with E-state index in [9.17, 15) is 0 Å². The van der Waals surface area contributed by atoms with Crippen LogP contribution >= 0.6 is 0 Å². The van der Waals surface area contributed by atoms with Gasteiger partial charge in [0.05, 0.1) is 11.0 Å². The lowest BCUT2D eigenvalue weighted by Gasteiger charge is -2.13. The molecule has 9 aromatic carbocycles. The Morgan fingerprint density at radius 1 is 0.404 bits per heavy atom. The van der Waals surface area contributed by atoms with E-state index in [1.54, 1.807) is 0 Å². The van der Waals surface area contributed by atoms with Gasteiger partial charge in [0.15, 0.2) is 5.58 Å². The Labute approximate surface area is 296 Å². The van der Waals surface area contributed by atoms with Crippen molar-refractivity contribution in [3.05, 3.63) is 164 Å². The van der Waals surface area contributed by atoms with Crippen LogP contribution in [0, 0.1) is 0 Å². The number of nitrogens with zero attached hydrogens (tertiary/aromatic N) is 3. The Morgan fingerprint density at radius 3 is 1.75 bits per heavy atom. The largest absolute Gasteiger partial charge is 0.452 e. The quantitative estimate of drug-likeness (QED) is 0.173. The number of rotatable bonds is 2. The SMILES string of the molecule is c1ccc2cc3c(cc2c1)c1c2ccccc2ccc1n3-c1nc(-c2ccc3c4ccccc4c4ccccc4c3c2)c2oc3ccccc3c2n1. The van der Waals surface area contributed by atoms with Gasteiger partial charge in [-0.3, -0.25) is 4.57 Å². The fraction of sp³-hybridized carbons (Fsp3) is 0. The highest BCUT2D eigenvalue weighted by atomic mass is 16.3. The van der Waals surface area contributed by atoms with Gasteiger partial charge >= 0.3 is 0 Å². The summed E-state index contributed by atoms with van der Waals surface area (Å²) in [5, 5.41) is 15.5. The molecule has 12 aromatic rings.